The van der Waals surface area contributed by atoms with Gasteiger partial charge in [-0.05, 0) is 30.5 Å². The Balaban J connectivity index is 1.70. The van der Waals surface area contributed by atoms with E-state index in [0.717, 1.165) is 37.0 Å². The van der Waals surface area contributed by atoms with Gasteiger partial charge in [0.2, 0.25) is 0 Å². The van der Waals surface area contributed by atoms with Crippen molar-refractivity contribution in [2.75, 3.05) is 13.1 Å². The highest BCUT2D eigenvalue weighted by molar-refractivity contribution is 5.73. The van der Waals surface area contributed by atoms with Crippen LogP contribution in [0.2, 0.25) is 0 Å². The second kappa shape index (κ2) is 4.32. The van der Waals surface area contributed by atoms with Crippen LogP contribution in [0, 0.1) is 0 Å². The average molecular weight is 259 g/mol. The van der Waals surface area contributed by atoms with Gasteiger partial charge in [0, 0.05) is 24.0 Å². The van der Waals surface area contributed by atoms with Crippen LogP contribution in [-0.2, 0) is 5.41 Å². The minimum absolute atomic E-state index is 0.0478. The van der Waals surface area contributed by atoms with Crippen molar-refractivity contribution in [3.05, 3.63) is 30.2 Å². The highest BCUT2D eigenvalue weighted by Crippen LogP contribution is 2.31. The molecule has 1 heterocycles. The SMILES string of the molecule is CC(C)(CNCC1(N)CC1)c1ccc2ncoc2c1. The van der Waals surface area contributed by atoms with Gasteiger partial charge in [0.05, 0.1) is 0 Å². The summed E-state index contributed by atoms with van der Waals surface area (Å²) < 4.78 is 5.37. The summed E-state index contributed by atoms with van der Waals surface area (Å²) in [4.78, 5) is 4.15. The molecule has 1 aromatic carbocycles. The van der Waals surface area contributed by atoms with Crippen molar-refractivity contribution in [1.82, 2.24) is 10.3 Å². The van der Waals surface area contributed by atoms with Crippen LogP contribution in [-0.4, -0.2) is 23.6 Å². The fourth-order valence-electron chi connectivity index (χ4n) is 2.34. The lowest BCUT2D eigenvalue weighted by Crippen LogP contribution is -2.41. The van der Waals surface area contributed by atoms with Crippen LogP contribution in [0.1, 0.15) is 32.3 Å². The summed E-state index contributed by atoms with van der Waals surface area (Å²) in [5.41, 5.74) is 9.21. The molecule has 1 aromatic heterocycles. The van der Waals surface area contributed by atoms with E-state index in [0.29, 0.717) is 0 Å². The molecule has 2 aromatic rings. The van der Waals surface area contributed by atoms with Gasteiger partial charge in [-0.3, -0.25) is 0 Å². The average Bonchev–Trinajstić information content (AvgIpc) is 2.92. The van der Waals surface area contributed by atoms with Crippen molar-refractivity contribution in [3.63, 3.8) is 0 Å². The van der Waals surface area contributed by atoms with Gasteiger partial charge >= 0.3 is 0 Å². The molecule has 0 atom stereocenters. The molecule has 0 radical (unpaired) electrons. The van der Waals surface area contributed by atoms with Crippen LogP contribution < -0.4 is 11.1 Å². The van der Waals surface area contributed by atoms with Crippen LogP contribution in [0.4, 0.5) is 0 Å². The van der Waals surface area contributed by atoms with Gasteiger partial charge in [-0.1, -0.05) is 19.9 Å². The van der Waals surface area contributed by atoms with Crippen LogP contribution in [0.25, 0.3) is 11.1 Å². The maximum absolute atomic E-state index is 6.09. The number of hydrogen-bond donors (Lipinski definition) is 2. The Morgan fingerprint density at radius 3 is 2.95 bits per heavy atom. The smallest absolute Gasteiger partial charge is 0.181 e. The van der Waals surface area contributed by atoms with Crippen LogP contribution in [0.15, 0.2) is 29.0 Å². The van der Waals surface area contributed by atoms with Gasteiger partial charge in [-0.25, -0.2) is 4.98 Å². The van der Waals surface area contributed by atoms with E-state index >= 15 is 0 Å². The third-order valence-corrected chi connectivity index (χ3v) is 4.05. The Hall–Kier alpha value is -1.39. The Labute approximate surface area is 113 Å². The number of nitrogens with two attached hydrogens (primary N) is 1. The first kappa shape index (κ1) is 12.6. The summed E-state index contributed by atoms with van der Waals surface area (Å²) in [7, 11) is 0. The summed E-state index contributed by atoms with van der Waals surface area (Å²) >= 11 is 0. The summed E-state index contributed by atoms with van der Waals surface area (Å²) in [6.45, 7) is 6.27. The van der Waals surface area contributed by atoms with Gasteiger partial charge in [0.15, 0.2) is 12.0 Å². The third kappa shape index (κ3) is 2.65. The van der Waals surface area contributed by atoms with E-state index in [4.69, 9.17) is 10.2 Å². The number of fused-ring (bicyclic) bond motifs is 1. The molecule has 19 heavy (non-hydrogen) atoms. The molecule has 0 bridgehead atoms. The van der Waals surface area contributed by atoms with Crippen LogP contribution in [0.3, 0.4) is 0 Å². The molecule has 1 saturated carbocycles. The van der Waals surface area contributed by atoms with Gasteiger partial charge in [0.1, 0.15) is 5.52 Å². The quantitative estimate of drug-likeness (QED) is 0.864. The summed E-state index contributed by atoms with van der Waals surface area (Å²) in [5, 5.41) is 3.50. The highest BCUT2D eigenvalue weighted by Gasteiger charge is 2.37. The summed E-state index contributed by atoms with van der Waals surface area (Å²) in [5.74, 6) is 0. The molecule has 1 aliphatic rings. The van der Waals surface area contributed by atoms with E-state index in [1.807, 2.05) is 6.07 Å². The van der Waals surface area contributed by atoms with Crippen molar-refractivity contribution < 1.29 is 4.42 Å². The fraction of sp³-hybridized carbons (Fsp3) is 0.533. The number of benzene rings is 1. The van der Waals surface area contributed by atoms with Gasteiger partial charge in [-0.15, -0.1) is 0 Å². The molecular formula is C15H21N3O. The first-order valence-corrected chi connectivity index (χ1v) is 6.82. The second-order valence-corrected chi connectivity index (χ2v) is 6.38. The maximum Gasteiger partial charge on any atom is 0.181 e. The number of nitrogens with zero attached hydrogens (tertiary/aromatic N) is 1. The van der Waals surface area contributed by atoms with Crippen LogP contribution >= 0.6 is 0 Å². The predicted octanol–water partition coefficient (Wildman–Crippen LogP) is 2.19. The van der Waals surface area contributed by atoms with Crippen molar-refractivity contribution in [2.24, 2.45) is 5.73 Å². The Morgan fingerprint density at radius 1 is 1.42 bits per heavy atom. The monoisotopic (exact) mass is 259 g/mol. The van der Waals surface area contributed by atoms with Crippen molar-refractivity contribution in [3.8, 4) is 0 Å². The summed E-state index contributed by atoms with van der Waals surface area (Å²) in [6, 6.07) is 6.22. The van der Waals surface area contributed by atoms with E-state index < -0.39 is 0 Å². The topological polar surface area (TPSA) is 64.1 Å². The first-order valence-electron chi connectivity index (χ1n) is 6.82. The Morgan fingerprint density at radius 2 is 2.21 bits per heavy atom. The lowest BCUT2D eigenvalue weighted by atomic mass is 9.84. The predicted molar refractivity (Wildman–Crippen MR) is 76.1 cm³/mol. The molecule has 1 aliphatic carbocycles. The molecule has 0 aliphatic heterocycles. The van der Waals surface area contributed by atoms with E-state index in [2.05, 4.69) is 36.3 Å². The third-order valence-electron chi connectivity index (χ3n) is 4.05. The Bertz CT molecular complexity index is 584. The molecule has 0 unspecified atom stereocenters. The van der Waals surface area contributed by atoms with E-state index in [9.17, 15) is 0 Å². The number of hydrogen-bond acceptors (Lipinski definition) is 4. The second-order valence-electron chi connectivity index (χ2n) is 6.38. The molecule has 1 fully saturated rings. The molecule has 0 amide bonds. The molecule has 3 rings (SSSR count). The molecule has 4 nitrogen and oxygen atoms in total. The van der Waals surface area contributed by atoms with Gasteiger partial charge < -0.3 is 15.5 Å². The van der Waals surface area contributed by atoms with Crippen molar-refractivity contribution in [2.45, 2.75) is 37.6 Å². The van der Waals surface area contributed by atoms with Crippen molar-refractivity contribution >= 4 is 11.1 Å². The van der Waals surface area contributed by atoms with E-state index in [1.54, 1.807) is 0 Å². The van der Waals surface area contributed by atoms with E-state index in [1.165, 1.54) is 12.0 Å². The number of oxazole rings is 1. The Kier molecular flexibility index (Phi) is 2.87. The normalized spacial score (nSPS) is 17.8. The van der Waals surface area contributed by atoms with Crippen molar-refractivity contribution in [1.29, 1.82) is 0 Å². The standard InChI is InChI=1S/C15H21N3O/c1-14(2,8-17-9-15(16)5-6-15)11-3-4-12-13(7-11)19-10-18-12/h3-4,7,10,17H,5-6,8-9,16H2,1-2H3. The maximum atomic E-state index is 6.09. The molecule has 3 N–H and O–H groups in total. The number of aromatic nitrogens is 1. The van der Waals surface area contributed by atoms with E-state index in [-0.39, 0.29) is 11.0 Å². The first-order chi connectivity index (χ1) is 8.99. The van der Waals surface area contributed by atoms with Gasteiger partial charge in [0.25, 0.3) is 0 Å². The van der Waals surface area contributed by atoms with Gasteiger partial charge in [-0.2, -0.15) is 0 Å². The fourth-order valence-corrected chi connectivity index (χ4v) is 2.34. The lowest BCUT2D eigenvalue weighted by Gasteiger charge is -2.26. The molecular weight excluding hydrogens is 238 g/mol. The molecule has 4 heteroatoms. The largest absolute Gasteiger partial charge is 0.443 e. The molecule has 102 valence electrons. The van der Waals surface area contributed by atoms with Crippen LogP contribution in [0.5, 0.6) is 0 Å². The minimum Gasteiger partial charge on any atom is -0.443 e. The lowest BCUT2D eigenvalue weighted by molar-refractivity contribution is 0.448. The highest BCUT2D eigenvalue weighted by atomic mass is 16.3. The zero-order valence-corrected chi connectivity index (χ0v) is 11.6. The molecule has 0 spiro atoms. The zero-order valence-electron chi connectivity index (χ0n) is 11.6. The number of rotatable bonds is 5. The zero-order chi connectivity index (χ0) is 13.5. The minimum atomic E-state index is 0.0478. The summed E-state index contributed by atoms with van der Waals surface area (Å²) in [6.07, 6.45) is 3.78. The molecule has 0 saturated heterocycles. The number of nitrogens with one attached hydrogen (secondary N) is 1.